The van der Waals surface area contributed by atoms with Gasteiger partial charge in [0.05, 0.1) is 8.07 Å². The second kappa shape index (κ2) is 7.97. The zero-order chi connectivity index (χ0) is 23.1. The normalized spacial score (nSPS) is 45.9. The summed E-state index contributed by atoms with van der Waals surface area (Å²) in [5.74, 6) is 7.99. The van der Waals surface area contributed by atoms with E-state index in [2.05, 4.69) is 83.3 Å². The molecule has 0 saturated heterocycles. The average Bonchev–Trinajstić information content (AvgIpc) is 3.30. The molecule has 33 heavy (non-hydrogen) atoms. The van der Waals surface area contributed by atoms with Gasteiger partial charge in [-0.1, -0.05) is 88.4 Å². The first-order valence-corrected chi connectivity index (χ1v) is 17.4. The predicted molar refractivity (Wildman–Crippen MR) is 145 cm³/mol. The largest absolute Gasteiger partial charge is 0.0848 e. The molecule has 5 aliphatic carbocycles. The van der Waals surface area contributed by atoms with E-state index in [0.717, 1.165) is 64.3 Å². The molecule has 0 radical (unpaired) electrons. The Hall–Kier alpha value is -1.08. The Labute approximate surface area is 204 Å². The fourth-order valence-corrected chi connectivity index (χ4v) is 16.9. The number of aryl methyl sites for hydroxylation is 1. The molecule has 0 aromatic heterocycles. The number of allylic oxidation sites excluding steroid dienone is 3. The van der Waals surface area contributed by atoms with E-state index in [1.54, 1.807) is 5.56 Å². The summed E-state index contributed by atoms with van der Waals surface area (Å²) in [7, 11) is -1.49. The fraction of sp³-hybridized carbons (Fsp3) is 0.688. The maximum Gasteiger partial charge on any atom is 0.0553 e. The lowest BCUT2D eigenvalue weighted by molar-refractivity contribution is 0.128. The Morgan fingerprint density at radius 2 is 1.55 bits per heavy atom. The molecule has 5 aliphatic rings. The van der Waals surface area contributed by atoms with Crippen LogP contribution in [-0.4, -0.2) is 8.07 Å². The first-order chi connectivity index (χ1) is 15.8. The number of hydrogen-bond acceptors (Lipinski definition) is 0. The van der Waals surface area contributed by atoms with Gasteiger partial charge in [-0.2, -0.15) is 0 Å². The topological polar surface area (TPSA) is 0 Å². The van der Waals surface area contributed by atoms with Gasteiger partial charge >= 0.3 is 0 Å². The van der Waals surface area contributed by atoms with Crippen molar-refractivity contribution in [1.29, 1.82) is 0 Å². The number of rotatable bonds is 2. The van der Waals surface area contributed by atoms with E-state index in [4.69, 9.17) is 0 Å². The average molecular weight is 459 g/mol. The summed E-state index contributed by atoms with van der Waals surface area (Å²) in [6.45, 7) is 15.7. The van der Waals surface area contributed by atoms with Gasteiger partial charge in [0.15, 0.2) is 0 Å². The minimum absolute atomic E-state index is 0.759. The van der Waals surface area contributed by atoms with Gasteiger partial charge in [0.25, 0.3) is 0 Å². The second-order valence-electron chi connectivity index (χ2n) is 13.8. The highest BCUT2D eigenvalue weighted by atomic mass is 28.3. The molecule has 0 aliphatic heterocycles. The first-order valence-electron chi connectivity index (χ1n) is 14.2. The maximum absolute atomic E-state index is 2.82. The monoisotopic (exact) mass is 458 g/mol. The molecule has 1 aromatic carbocycles. The van der Waals surface area contributed by atoms with Crippen LogP contribution in [0.2, 0.25) is 24.2 Å². The zero-order valence-electron chi connectivity index (χ0n) is 21.9. The van der Waals surface area contributed by atoms with Crippen LogP contribution in [0, 0.1) is 54.3 Å². The van der Waals surface area contributed by atoms with E-state index < -0.39 is 8.07 Å². The van der Waals surface area contributed by atoms with Crippen LogP contribution >= 0.6 is 0 Å². The van der Waals surface area contributed by atoms with Crippen LogP contribution in [-0.2, 0) is 0 Å². The van der Waals surface area contributed by atoms with Crippen LogP contribution in [0.3, 0.4) is 0 Å². The van der Waals surface area contributed by atoms with E-state index in [9.17, 15) is 0 Å². The van der Waals surface area contributed by atoms with Crippen molar-refractivity contribution in [3.05, 3.63) is 53.1 Å². The molecule has 1 heteroatoms. The van der Waals surface area contributed by atoms with Gasteiger partial charge in [0.2, 0.25) is 0 Å². The van der Waals surface area contributed by atoms with Crippen LogP contribution in [0.4, 0.5) is 0 Å². The Morgan fingerprint density at radius 1 is 0.788 bits per heavy atom. The van der Waals surface area contributed by atoms with Crippen molar-refractivity contribution in [3.63, 3.8) is 0 Å². The molecule has 0 amide bonds. The summed E-state index contributed by atoms with van der Waals surface area (Å²) in [6, 6.07) is 7.19. The summed E-state index contributed by atoms with van der Waals surface area (Å²) < 4.78 is 0. The Bertz CT molecular complexity index is 969. The van der Waals surface area contributed by atoms with E-state index in [1.165, 1.54) is 43.2 Å². The quantitative estimate of drug-likeness (QED) is 0.306. The Morgan fingerprint density at radius 3 is 2.36 bits per heavy atom. The predicted octanol–water partition coefficient (Wildman–Crippen LogP) is 9.10. The number of hydrogen-bond donors (Lipinski definition) is 0. The van der Waals surface area contributed by atoms with Gasteiger partial charge in [-0.3, -0.25) is 0 Å². The highest BCUT2D eigenvalue weighted by molar-refractivity contribution is 6.80. The third-order valence-corrected chi connectivity index (χ3v) is 16.8. The van der Waals surface area contributed by atoms with Crippen LogP contribution in [0.25, 0.3) is 6.08 Å². The third kappa shape index (κ3) is 3.42. The molecule has 3 saturated carbocycles. The molecule has 0 nitrogen and oxygen atoms in total. The smallest absolute Gasteiger partial charge is 0.0553 e. The zero-order valence-corrected chi connectivity index (χ0v) is 22.9. The van der Waals surface area contributed by atoms with E-state index >= 15 is 0 Å². The van der Waals surface area contributed by atoms with Crippen LogP contribution < -0.4 is 0 Å². The fourth-order valence-electron chi connectivity index (χ4n) is 10.5. The molecule has 0 N–H and O–H groups in total. The van der Waals surface area contributed by atoms with Crippen molar-refractivity contribution in [2.75, 3.05) is 0 Å². The second-order valence-corrected chi connectivity index (χ2v) is 18.8. The van der Waals surface area contributed by atoms with Crippen LogP contribution in [0.1, 0.15) is 75.5 Å². The summed E-state index contributed by atoms with van der Waals surface area (Å²) in [6.07, 6.45) is 18.0. The van der Waals surface area contributed by atoms with Gasteiger partial charge in [-0.05, 0) is 108 Å². The lowest BCUT2D eigenvalue weighted by atomic mass is 9.63. The van der Waals surface area contributed by atoms with Crippen molar-refractivity contribution in [2.24, 2.45) is 47.3 Å². The van der Waals surface area contributed by atoms with E-state index in [0.29, 0.717) is 0 Å². The molecule has 0 bridgehead atoms. The lowest BCUT2D eigenvalue weighted by Gasteiger charge is -2.48. The molecule has 8 unspecified atom stereocenters. The summed E-state index contributed by atoms with van der Waals surface area (Å²) in [5.41, 5.74) is 6.49. The minimum Gasteiger partial charge on any atom is -0.0848 e. The molecule has 11 atom stereocenters. The lowest BCUT2D eigenvalue weighted by Crippen LogP contribution is -2.46. The summed E-state index contributed by atoms with van der Waals surface area (Å²) >= 11 is 0. The van der Waals surface area contributed by atoms with Crippen molar-refractivity contribution >= 4 is 14.1 Å². The standard InChI is InChI=1S/C32H46Si/c1-19-7-9-23-11-13-25-29(27(23)15-19)17-21(3)31(25)33(5,6)32-22(4)18-30-26(32)14-12-24-10-8-20(2)16-28(24)30/h7,9,11-15,20-22,24-26,28-32H,8,10,16-18H2,1-6H3/t20-,21?,22?,24?,25?,26?,28?,29?,30?,31+,32+/m1/s1. The third-order valence-electron chi connectivity index (χ3n) is 11.5. The van der Waals surface area contributed by atoms with Crippen LogP contribution in [0.15, 0.2) is 36.4 Å². The van der Waals surface area contributed by atoms with Gasteiger partial charge in [0.1, 0.15) is 0 Å². The Balaban J connectivity index is 1.32. The molecular weight excluding hydrogens is 412 g/mol. The van der Waals surface area contributed by atoms with E-state index in [1.807, 2.05) is 0 Å². The molecular formula is C32H46Si. The van der Waals surface area contributed by atoms with Gasteiger partial charge in [0, 0.05) is 0 Å². The van der Waals surface area contributed by atoms with Gasteiger partial charge in [-0.25, -0.2) is 0 Å². The van der Waals surface area contributed by atoms with Crippen molar-refractivity contribution in [1.82, 2.24) is 0 Å². The SMILES string of the molecule is Cc1ccc2c(c1)C1CC(C)[C@H]([Si](C)(C)[C@H]3C(C)CC4C5C[C@H](C)CCC5C=CC43)C1C=C2. The minimum atomic E-state index is -1.49. The van der Waals surface area contributed by atoms with Gasteiger partial charge in [-0.15, -0.1) is 0 Å². The van der Waals surface area contributed by atoms with Crippen molar-refractivity contribution in [2.45, 2.75) is 89.9 Å². The number of fused-ring (bicyclic) bond motifs is 6. The van der Waals surface area contributed by atoms with Gasteiger partial charge < -0.3 is 0 Å². The maximum atomic E-state index is 2.82. The highest BCUT2D eigenvalue weighted by Crippen LogP contribution is 2.66. The summed E-state index contributed by atoms with van der Waals surface area (Å²) in [5, 5.41) is 0. The summed E-state index contributed by atoms with van der Waals surface area (Å²) in [4.78, 5) is 0. The molecule has 6 rings (SSSR count). The van der Waals surface area contributed by atoms with Crippen molar-refractivity contribution < 1.29 is 0 Å². The highest BCUT2D eigenvalue weighted by Gasteiger charge is 2.58. The molecule has 1 aromatic rings. The molecule has 3 fully saturated rings. The molecule has 0 heterocycles. The number of benzene rings is 1. The van der Waals surface area contributed by atoms with Crippen molar-refractivity contribution in [3.8, 4) is 0 Å². The Kier molecular flexibility index (Phi) is 5.41. The molecule has 0 spiro atoms. The van der Waals surface area contributed by atoms with E-state index in [-0.39, 0.29) is 0 Å². The first kappa shape index (κ1) is 22.4. The molecule has 178 valence electrons. The van der Waals surface area contributed by atoms with Crippen LogP contribution in [0.5, 0.6) is 0 Å².